The topological polar surface area (TPSA) is 90.1 Å². The molecule has 33 heavy (non-hydrogen) atoms. The monoisotopic (exact) mass is 442 g/mol. The number of nitrogens with zero attached hydrogens (tertiary/aromatic N) is 3. The maximum Gasteiger partial charge on any atom is 0.270 e. The van der Waals surface area contributed by atoms with E-state index in [-0.39, 0.29) is 16.9 Å². The molecule has 5 atom stereocenters. The maximum atomic E-state index is 13.1. The van der Waals surface area contributed by atoms with Crippen LogP contribution < -0.4 is 10.1 Å². The van der Waals surface area contributed by atoms with Gasteiger partial charge in [-0.25, -0.2) is 4.98 Å². The van der Waals surface area contributed by atoms with E-state index in [1.165, 1.54) is 6.42 Å². The van der Waals surface area contributed by atoms with Crippen molar-refractivity contribution in [2.45, 2.75) is 50.0 Å². The molecule has 2 bridgehead atoms. The lowest BCUT2D eigenvalue weighted by Crippen LogP contribution is -2.63. The molecule has 2 aromatic heterocycles. The van der Waals surface area contributed by atoms with Gasteiger partial charge in [0.1, 0.15) is 11.4 Å². The van der Waals surface area contributed by atoms with Gasteiger partial charge in [0.2, 0.25) is 11.8 Å². The van der Waals surface area contributed by atoms with Crippen LogP contribution in [0.1, 0.15) is 54.2 Å². The van der Waals surface area contributed by atoms with E-state index in [9.17, 15) is 4.79 Å². The van der Waals surface area contributed by atoms with Crippen molar-refractivity contribution in [1.29, 1.82) is 0 Å². The zero-order chi connectivity index (χ0) is 22.4. The van der Waals surface area contributed by atoms with Gasteiger partial charge in [-0.15, -0.1) is 10.2 Å². The number of ether oxygens (including phenoxy) is 1. The third-order valence-electron chi connectivity index (χ3n) is 8.87. The number of aromatic nitrogens is 3. The fourth-order valence-electron chi connectivity index (χ4n) is 7.52. The maximum absolute atomic E-state index is 13.1. The lowest BCUT2D eigenvalue weighted by atomic mass is 9.56. The Hall–Kier alpha value is -3.22. The van der Waals surface area contributed by atoms with E-state index >= 15 is 0 Å². The van der Waals surface area contributed by atoms with Crippen LogP contribution in [0.2, 0.25) is 0 Å². The Morgan fingerprint density at radius 1 is 1.09 bits per heavy atom. The van der Waals surface area contributed by atoms with Gasteiger partial charge in [0.15, 0.2) is 0 Å². The Morgan fingerprint density at radius 2 is 1.94 bits per heavy atom. The molecule has 4 saturated carbocycles. The second-order valence-electron chi connectivity index (χ2n) is 10.6. The number of pyridine rings is 1. The minimum absolute atomic E-state index is 0.0714. The fraction of sp³-hybridized carbons (Fsp3) is 0.462. The summed E-state index contributed by atoms with van der Waals surface area (Å²) in [5.74, 6) is 3.17. The normalized spacial score (nSPS) is 34.8. The van der Waals surface area contributed by atoms with Crippen LogP contribution in [0.4, 0.5) is 0 Å². The van der Waals surface area contributed by atoms with Gasteiger partial charge in [-0.3, -0.25) is 4.79 Å². The number of hydrogen-bond donors (Lipinski definition) is 1. The number of benzene rings is 1. The second-order valence-corrected chi connectivity index (χ2v) is 10.6. The SMILES string of the molecule is COc1ccc(-c2nnc(C34CC5CC56CC(NC(=O)c5cccc(C)n5)(C3)C6C4)o2)cc1. The second kappa shape index (κ2) is 6.22. The zero-order valence-corrected chi connectivity index (χ0v) is 18.8. The van der Waals surface area contributed by atoms with Crippen molar-refractivity contribution in [1.82, 2.24) is 20.5 Å². The molecule has 4 fully saturated rings. The van der Waals surface area contributed by atoms with E-state index in [1.54, 1.807) is 13.2 Å². The Balaban J connectivity index is 1.19. The number of amides is 1. The number of rotatable bonds is 5. The predicted molar refractivity (Wildman–Crippen MR) is 120 cm³/mol. The molecule has 0 saturated heterocycles. The number of carbonyl (C=O) groups excluding carboxylic acids is 1. The molecule has 1 aromatic carbocycles. The molecule has 3 aromatic rings. The summed E-state index contributed by atoms with van der Waals surface area (Å²) in [7, 11) is 1.65. The van der Waals surface area contributed by atoms with Gasteiger partial charge in [-0.1, -0.05) is 6.07 Å². The van der Waals surface area contributed by atoms with Crippen LogP contribution in [0.15, 0.2) is 46.9 Å². The van der Waals surface area contributed by atoms with Crippen molar-refractivity contribution in [3.8, 4) is 17.2 Å². The van der Waals surface area contributed by atoms with Gasteiger partial charge < -0.3 is 14.5 Å². The van der Waals surface area contributed by atoms with Crippen molar-refractivity contribution >= 4 is 5.91 Å². The summed E-state index contributed by atoms with van der Waals surface area (Å²) in [6.45, 7) is 1.91. The first-order chi connectivity index (χ1) is 16.0. The predicted octanol–water partition coefficient (Wildman–Crippen LogP) is 4.08. The summed E-state index contributed by atoms with van der Waals surface area (Å²) in [5.41, 5.74) is 2.31. The van der Waals surface area contributed by atoms with E-state index < -0.39 is 0 Å². The number of fused-ring (bicyclic) bond motifs is 1. The van der Waals surface area contributed by atoms with Crippen molar-refractivity contribution in [3.05, 3.63) is 59.7 Å². The van der Waals surface area contributed by atoms with Crippen molar-refractivity contribution in [3.63, 3.8) is 0 Å². The van der Waals surface area contributed by atoms with E-state index in [4.69, 9.17) is 9.15 Å². The minimum Gasteiger partial charge on any atom is -0.497 e. The van der Waals surface area contributed by atoms with Crippen LogP contribution in [0.5, 0.6) is 5.75 Å². The zero-order valence-electron chi connectivity index (χ0n) is 18.8. The average Bonchev–Trinajstić information content (AvgIpc) is 3.24. The highest BCUT2D eigenvalue weighted by atomic mass is 16.5. The molecule has 2 heterocycles. The summed E-state index contributed by atoms with van der Waals surface area (Å²) >= 11 is 0. The first-order valence-electron chi connectivity index (χ1n) is 11.7. The highest BCUT2D eigenvalue weighted by Gasteiger charge is 2.83. The van der Waals surface area contributed by atoms with Gasteiger partial charge in [0.25, 0.3) is 5.91 Å². The summed E-state index contributed by atoms with van der Waals surface area (Å²) < 4.78 is 11.5. The van der Waals surface area contributed by atoms with Gasteiger partial charge in [0.05, 0.1) is 12.5 Å². The van der Waals surface area contributed by atoms with Gasteiger partial charge >= 0.3 is 0 Å². The Bertz CT molecular complexity index is 1290. The van der Waals surface area contributed by atoms with E-state index in [2.05, 4.69) is 20.5 Å². The van der Waals surface area contributed by atoms with Crippen molar-refractivity contribution in [2.24, 2.45) is 17.3 Å². The Kier molecular flexibility index (Phi) is 3.63. The summed E-state index contributed by atoms with van der Waals surface area (Å²) in [5, 5.41) is 12.4. The summed E-state index contributed by atoms with van der Waals surface area (Å²) in [6, 6.07) is 13.3. The molecular formula is C26H26N4O3. The van der Waals surface area contributed by atoms with Crippen LogP contribution in [-0.2, 0) is 5.41 Å². The summed E-state index contributed by atoms with van der Waals surface area (Å²) in [4.78, 5) is 17.6. The highest BCUT2D eigenvalue weighted by Crippen LogP contribution is 2.84. The average molecular weight is 443 g/mol. The summed E-state index contributed by atoms with van der Waals surface area (Å²) in [6.07, 6.45) is 5.28. The van der Waals surface area contributed by atoms with Crippen molar-refractivity contribution in [2.75, 3.05) is 7.11 Å². The van der Waals surface area contributed by atoms with Gasteiger partial charge in [-0.2, -0.15) is 0 Å². The molecular weight excluding hydrogens is 416 g/mol. The van der Waals surface area contributed by atoms with E-state index in [0.717, 1.165) is 48.6 Å². The molecule has 1 spiro atoms. The molecule has 7 rings (SSSR count). The lowest BCUT2D eigenvalue weighted by Gasteiger charge is -2.54. The standard InChI is InChI=1S/C26H26N4O3/c1-15-4-3-5-19(27-15)21(31)28-26-13-24(10-17-11-25(17,14-26)20(26)12-24)23-30-29-22(33-23)16-6-8-18(32-2)9-7-16/h3-9,17,20H,10-14H2,1-2H3,(H,28,31). The van der Waals surface area contributed by atoms with Crippen LogP contribution in [0.25, 0.3) is 11.5 Å². The lowest BCUT2D eigenvalue weighted by molar-refractivity contribution is -0.00121. The molecule has 0 aliphatic heterocycles. The van der Waals surface area contributed by atoms with E-state index in [1.807, 2.05) is 43.3 Å². The van der Waals surface area contributed by atoms with Crippen LogP contribution in [0, 0.1) is 24.2 Å². The molecule has 168 valence electrons. The van der Waals surface area contributed by atoms with Crippen LogP contribution in [-0.4, -0.2) is 33.7 Å². The number of nitrogens with one attached hydrogen (secondary N) is 1. The quantitative estimate of drug-likeness (QED) is 0.640. The third-order valence-corrected chi connectivity index (χ3v) is 8.87. The molecule has 7 heteroatoms. The fourth-order valence-corrected chi connectivity index (χ4v) is 7.52. The third kappa shape index (κ3) is 2.56. The number of carbonyl (C=O) groups is 1. The molecule has 0 radical (unpaired) electrons. The van der Waals surface area contributed by atoms with Gasteiger partial charge in [0, 0.05) is 16.8 Å². The largest absolute Gasteiger partial charge is 0.497 e. The molecule has 4 aliphatic rings. The highest BCUT2D eigenvalue weighted by molar-refractivity contribution is 5.93. The molecule has 5 unspecified atom stereocenters. The smallest absolute Gasteiger partial charge is 0.270 e. The molecule has 7 nitrogen and oxygen atoms in total. The number of methoxy groups -OCH3 is 1. The van der Waals surface area contributed by atoms with Crippen LogP contribution in [0.3, 0.4) is 0 Å². The van der Waals surface area contributed by atoms with E-state index in [0.29, 0.717) is 28.8 Å². The first-order valence-corrected chi connectivity index (χ1v) is 11.7. The van der Waals surface area contributed by atoms with Crippen molar-refractivity contribution < 1.29 is 13.9 Å². The van der Waals surface area contributed by atoms with Gasteiger partial charge in [-0.05, 0) is 92.7 Å². The Morgan fingerprint density at radius 3 is 2.73 bits per heavy atom. The number of hydrogen-bond acceptors (Lipinski definition) is 6. The Labute approximate surface area is 192 Å². The molecule has 1 amide bonds. The first kappa shape index (κ1) is 19.3. The number of aryl methyl sites for hydroxylation is 1. The van der Waals surface area contributed by atoms with Crippen LogP contribution >= 0.6 is 0 Å². The minimum atomic E-state index is -0.192. The molecule has 4 aliphatic carbocycles. The molecule has 1 N–H and O–H groups in total.